The van der Waals surface area contributed by atoms with Gasteiger partial charge < -0.3 is 10.2 Å². The van der Waals surface area contributed by atoms with Gasteiger partial charge in [0.05, 0.1) is 5.69 Å². The van der Waals surface area contributed by atoms with E-state index in [2.05, 4.69) is 17.2 Å². The van der Waals surface area contributed by atoms with Crippen LogP contribution in [0.5, 0.6) is 0 Å². The van der Waals surface area contributed by atoms with Gasteiger partial charge >= 0.3 is 0 Å². The fourth-order valence-corrected chi connectivity index (χ4v) is 4.02. The zero-order valence-electron chi connectivity index (χ0n) is 17.2. The Morgan fingerprint density at radius 3 is 2.73 bits per heavy atom. The molecule has 0 radical (unpaired) electrons. The van der Waals surface area contributed by atoms with Crippen molar-refractivity contribution in [3.05, 3.63) is 72.4 Å². The van der Waals surface area contributed by atoms with Gasteiger partial charge in [0.25, 0.3) is 0 Å². The first-order valence-electron chi connectivity index (χ1n) is 10.2. The van der Waals surface area contributed by atoms with Gasteiger partial charge in [-0.15, -0.1) is 0 Å². The van der Waals surface area contributed by atoms with Crippen molar-refractivity contribution in [2.75, 3.05) is 11.9 Å². The highest BCUT2D eigenvalue weighted by Crippen LogP contribution is 2.33. The normalized spacial score (nSPS) is 18.8. The molecule has 154 valence electrons. The van der Waals surface area contributed by atoms with Crippen LogP contribution >= 0.6 is 0 Å². The molecule has 2 aromatic heterocycles. The number of carbonyl (C=O) groups is 1. The standard InChI is InChI=1S/C24H25FN4O/c1-16-8-9-19(15-29(16)17(2)30)24-13-22(27-21-7-3-6-20(25)11-21)12-23(28-24)18-5-4-10-26-14-18/h3-7,10-14,16,19H,8-9,15H2,1-2H3,(H,27,28). The number of nitrogens with zero attached hydrogens (tertiary/aromatic N) is 3. The summed E-state index contributed by atoms with van der Waals surface area (Å²) >= 11 is 0. The van der Waals surface area contributed by atoms with E-state index in [9.17, 15) is 9.18 Å². The predicted molar refractivity (Wildman–Crippen MR) is 116 cm³/mol. The van der Waals surface area contributed by atoms with Gasteiger partial charge in [-0.05, 0) is 62.2 Å². The number of pyridine rings is 2. The number of benzene rings is 1. The zero-order chi connectivity index (χ0) is 21.1. The first-order chi connectivity index (χ1) is 14.5. The summed E-state index contributed by atoms with van der Waals surface area (Å²) in [5.41, 5.74) is 4.14. The summed E-state index contributed by atoms with van der Waals surface area (Å²) in [6.07, 6.45) is 5.42. The van der Waals surface area contributed by atoms with Crippen LogP contribution < -0.4 is 5.32 Å². The lowest BCUT2D eigenvalue weighted by Gasteiger charge is -2.37. The summed E-state index contributed by atoms with van der Waals surface area (Å²) in [5, 5.41) is 3.30. The Kier molecular flexibility index (Phi) is 5.74. The minimum atomic E-state index is -0.292. The lowest BCUT2D eigenvalue weighted by Crippen LogP contribution is -2.43. The van der Waals surface area contributed by atoms with Gasteiger partial charge in [0.1, 0.15) is 5.82 Å². The van der Waals surface area contributed by atoms with Crippen LogP contribution in [0.1, 0.15) is 38.3 Å². The molecule has 1 aliphatic rings. The minimum Gasteiger partial charge on any atom is -0.355 e. The summed E-state index contributed by atoms with van der Waals surface area (Å²) in [7, 11) is 0. The molecule has 0 aliphatic carbocycles. The van der Waals surface area contributed by atoms with Gasteiger partial charge in [-0.25, -0.2) is 4.39 Å². The summed E-state index contributed by atoms with van der Waals surface area (Å²) in [6.45, 7) is 4.36. The third-order valence-electron chi connectivity index (χ3n) is 5.62. The summed E-state index contributed by atoms with van der Waals surface area (Å²) in [5.74, 6) is -0.0522. The van der Waals surface area contributed by atoms with Crippen molar-refractivity contribution in [1.82, 2.24) is 14.9 Å². The van der Waals surface area contributed by atoms with Crippen LogP contribution in [0.3, 0.4) is 0 Å². The number of rotatable bonds is 4. The van der Waals surface area contributed by atoms with Crippen LogP contribution in [0, 0.1) is 5.82 Å². The molecule has 1 amide bonds. The molecular weight excluding hydrogens is 379 g/mol. The number of anilines is 2. The Morgan fingerprint density at radius 1 is 1.13 bits per heavy atom. The van der Waals surface area contributed by atoms with Crippen LogP contribution in [-0.4, -0.2) is 33.4 Å². The van der Waals surface area contributed by atoms with E-state index in [1.807, 2.05) is 35.2 Å². The second-order valence-electron chi connectivity index (χ2n) is 7.84. The first kappa shape index (κ1) is 20.0. The highest BCUT2D eigenvalue weighted by Gasteiger charge is 2.29. The minimum absolute atomic E-state index is 0.0914. The van der Waals surface area contributed by atoms with Crippen molar-refractivity contribution in [2.24, 2.45) is 0 Å². The molecule has 1 aliphatic heterocycles. The predicted octanol–water partition coefficient (Wildman–Crippen LogP) is 5.14. The summed E-state index contributed by atoms with van der Waals surface area (Å²) < 4.78 is 13.6. The number of amides is 1. The van der Waals surface area contributed by atoms with Gasteiger partial charge in [-0.3, -0.25) is 14.8 Å². The average molecular weight is 404 g/mol. The maximum absolute atomic E-state index is 13.6. The third kappa shape index (κ3) is 4.48. The van der Waals surface area contributed by atoms with Gasteiger partial charge in [0.15, 0.2) is 0 Å². The van der Waals surface area contributed by atoms with Crippen LogP contribution in [0.2, 0.25) is 0 Å². The molecule has 0 spiro atoms. The highest BCUT2D eigenvalue weighted by atomic mass is 19.1. The molecular formula is C24H25FN4O. The molecule has 30 heavy (non-hydrogen) atoms. The van der Waals surface area contributed by atoms with E-state index in [1.165, 1.54) is 12.1 Å². The second kappa shape index (κ2) is 8.61. The lowest BCUT2D eigenvalue weighted by molar-refractivity contribution is -0.132. The number of halogens is 1. The van der Waals surface area contributed by atoms with Crippen LogP contribution in [0.25, 0.3) is 11.3 Å². The zero-order valence-corrected chi connectivity index (χ0v) is 17.2. The highest BCUT2D eigenvalue weighted by molar-refractivity contribution is 5.74. The average Bonchev–Trinajstić information content (AvgIpc) is 2.74. The third-order valence-corrected chi connectivity index (χ3v) is 5.62. The quantitative estimate of drug-likeness (QED) is 0.654. The van der Waals surface area contributed by atoms with Gasteiger partial charge in [0, 0.05) is 60.5 Å². The maximum Gasteiger partial charge on any atom is 0.219 e. The van der Waals surface area contributed by atoms with E-state index < -0.39 is 0 Å². The molecule has 6 heteroatoms. The summed E-state index contributed by atoms with van der Waals surface area (Å²) in [4.78, 5) is 23.1. The number of carbonyl (C=O) groups excluding carboxylic acids is 1. The number of nitrogens with one attached hydrogen (secondary N) is 1. The van der Waals surface area contributed by atoms with Crippen molar-refractivity contribution in [3.8, 4) is 11.3 Å². The van der Waals surface area contributed by atoms with E-state index >= 15 is 0 Å². The van der Waals surface area contributed by atoms with Gasteiger partial charge in [-0.2, -0.15) is 0 Å². The number of aromatic nitrogens is 2. The Balaban J connectivity index is 1.71. The van der Waals surface area contributed by atoms with E-state index in [0.29, 0.717) is 12.2 Å². The molecule has 2 atom stereocenters. The molecule has 0 saturated carbocycles. The lowest BCUT2D eigenvalue weighted by atomic mass is 9.90. The monoisotopic (exact) mass is 404 g/mol. The fourth-order valence-electron chi connectivity index (χ4n) is 4.02. The number of likely N-dealkylation sites (tertiary alicyclic amines) is 1. The van der Waals surface area contributed by atoms with Crippen LogP contribution in [0.15, 0.2) is 60.9 Å². The Morgan fingerprint density at radius 2 is 2.00 bits per heavy atom. The topological polar surface area (TPSA) is 58.1 Å². The Bertz CT molecular complexity index is 1040. The summed E-state index contributed by atoms with van der Waals surface area (Å²) in [6, 6.07) is 14.4. The molecule has 2 unspecified atom stereocenters. The van der Waals surface area contributed by atoms with E-state index in [4.69, 9.17) is 4.98 Å². The van der Waals surface area contributed by atoms with Crippen molar-refractivity contribution < 1.29 is 9.18 Å². The molecule has 4 rings (SSSR count). The molecule has 5 nitrogen and oxygen atoms in total. The Labute approximate surface area is 176 Å². The van der Waals surface area contributed by atoms with Gasteiger partial charge in [0.2, 0.25) is 5.91 Å². The molecule has 0 bridgehead atoms. The van der Waals surface area contributed by atoms with E-state index in [1.54, 1.807) is 25.4 Å². The second-order valence-corrected chi connectivity index (χ2v) is 7.84. The largest absolute Gasteiger partial charge is 0.355 e. The van der Waals surface area contributed by atoms with Crippen molar-refractivity contribution >= 4 is 17.3 Å². The van der Waals surface area contributed by atoms with Crippen LogP contribution in [0.4, 0.5) is 15.8 Å². The van der Waals surface area contributed by atoms with Crippen molar-refractivity contribution in [1.29, 1.82) is 0 Å². The molecule has 3 aromatic rings. The number of hydrogen-bond donors (Lipinski definition) is 1. The van der Waals surface area contributed by atoms with Crippen molar-refractivity contribution in [3.63, 3.8) is 0 Å². The SMILES string of the molecule is CC(=O)N1CC(c2cc(Nc3cccc(F)c3)cc(-c3cccnc3)n2)CCC1C. The molecule has 3 heterocycles. The molecule has 1 aromatic carbocycles. The molecule has 1 N–H and O–H groups in total. The molecule has 1 fully saturated rings. The Hall–Kier alpha value is -3.28. The number of hydrogen-bond acceptors (Lipinski definition) is 4. The van der Waals surface area contributed by atoms with Crippen LogP contribution in [-0.2, 0) is 4.79 Å². The van der Waals surface area contributed by atoms with E-state index in [0.717, 1.165) is 35.5 Å². The van der Waals surface area contributed by atoms with Crippen molar-refractivity contribution in [2.45, 2.75) is 38.6 Å². The fraction of sp³-hybridized carbons (Fsp3) is 0.292. The molecule has 1 saturated heterocycles. The van der Waals surface area contributed by atoms with E-state index in [-0.39, 0.29) is 23.7 Å². The maximum atomic E-state index is 13.6. The first-order valence-corrected chi connectivity index (χ1v) is 10.2. The van der Waals surface area contributed by atoms with Gasteiger partial charge in [-0.1, -0.05) is 6.07 Å². The smallest absolute Gasteiger partial charge is 0.219 e. The number of piperidine rings is 1.